The largest absolute Gasteiger partial charge is 0.416 e. The predicted molar refractivity (Wildman–Crippen MR) is 51.6 cm³/mol. The van der Waals surface area contributed by atoms with E-state index in [-0.39, 0.29) is 12.0 Å². The maximum absolute atomic E-state index is 12.3. The van der Waals surface area contributed by atoms with Crippen molar-refractivity contribution >= 4 is 10.1 Å². The van der Waals surface area contributed by atoms with E-state index in [0.717, 1.165) is 12.1 Å². The van der Waals surface area contributed by atoms with Crippen LogP contribution in [0.1, 0.15) is 11.1 Å². The third kappa shape index (κ3) is 4.19. The van der Waals surface area contributed by atoms with Crippen LogP contribution in [0.25, 0.3) is 0 Å². The van der Waals surface area contributed by atoms with Crippen molar-refractivity contribution in [1.82, 2.24) is 0 Å². The SMILES string of the molecule is O=S(=O)(O)CCc1cccc(C(F)(F)F)c1. The van der Waals surface area contributed by atoms with E-state index in [1.165, 1.54) is 12.1 Å². The smallest absolute Gasteiger partial charge is 0.286 e. The number of rotatable bonds is 3. The van der Waals surface area contributed by atoms with Gasteiger partial charge in [0.2, 0.25) is 0 Å². The van der Waals surface area contributed by atoms with Gasteiger partial charge in [-0.2, -0.15) is 21.6 Å². The second-order valence-corrected chi connectivity index (χ2v) is 4.81. The summed E-state index contributed by atoms with van der Waals surface area (Å²) >= 11 is 0. The molecule has 0 aliphatic rings. The molecule has 0 unspecified atom stereocenters. The number of aryl methyl sites for hydroxylation is 1. The third-order valence-electron chi connectivity index (χ3n) is 1.90. The molecular formula is C9H9F3O3S. The van der Waals surface area contributed by atoms with Gasteiger partial charge in [-0.15, -0.1) is 0 Å². The van der Waals surface area contributed by atoms with E-state index in [9.17, 15) is 21.6 Å². The lowest BCUT2D eigenvalue weighted by molar-refractivity contribution is -0.137. The van der Waals surface area contributed by atoms with Crippen LogP contribution in [0, 0.1) is 0 Å². The molecule has 0 aliphatic carbocycles. The Hall–Kier alpha value is -1.08. The lowest BCUT2D eigenvalue weighted by Gasteiger charge is -2.08. The number of hydrogen-bond donors (Lipinski definition) is 1. The average Bonchev–Trinajstić information content (AvgIpc) is 2.13. The third-order valence-corrected chi connectivity index (χ3v) is 2.62. The summed E-state index contributed by atoms with van der Waals surface area (Å²) in [4.78, 5) is 0. The molecule has 90 valence electrons. The minimum Gasteiger partial charge on any atom is -0.286 e. The Kier molecular flexibility index (Phi) is 3.59. The highest BCUT2D eigenvalue weighted by molar-refractivity contribution is 7.85. The molecule has 1 N–H and O–H groups in total. The normalized spacial score (nSPS) is 12.8. The lowest BCUT2D eigenvalue weighted by Crippen LogP contribution is -2.09. The van der Waals surface area contributed by atoms with Gasteiger partial charge in [-0.05, 0) is 18.1 Å². The highest BCUT2D eigenvalue weighted by Crippen LogP contribution is 2.29. The molecule has 1 aromatic rings. The van der Waals surface area contributed by atoms with Gasteiger partial charge in [-0.25, -0.2) is 0 Å². The average molecular weight is 254 g/mol. The Bertz CT molecular complexity index is 465. The second kappa shape index (κ2) is 4.42. The first-order valence-electron chi connectivity index (χ1n) is 4.30. The van der Waals surface area contributed by atoms with Crippen LogP contribution >= 0.6 is 0 Å². The summed E-state index contributed by atoms with van der Waals surface area (Å²) in [6.45, 7) is 0. The topological polar surface area (TPSA) is 54.4 Å². The summed E-state index contributed by atoms with van der Waals surface area (Å²) in [7, 11) is -4.15. The summed E-state index contributed by atoms with van der Waals surface area (Å²) in [5.41, 5.74) is -0.618. The van der Waals surface area contributed by atoms with Gasteiger partial charge >= 0.3 is 6.18 Å². The Morgan fingerprint density at radius 2 is 1.88 bits per heavy atom. The van der Waals surface area contributed by atoms with Gasteiger partial charge in [0.15, 0.2) is 0 Å². The maximum Gasteiger partial charge on any atom is 0.416 e. The molecule has 1 rings (SSSR count). The molecule has 0 aliphatic heterocycles. The zero-order chi connectivity index (χ0) is 12.4. The van der Waals surface area contributed by atoms with Crippen LogP contribution < -0.4 is 0 Å². The molecule has 0 saturated carbocycles. The highest BCUT2D eigenvalue weighted by atomic mass is 32.2. The molecule has 16 heavy (non-hydrogen) atoms. The van der Waals surface area contributed by atoms with Crippen LogP contribution in [-0.4, -0.2) is 18.7 Å². The van der Waals surface area contributed by atoms with Crippen molar-refractivity contribution in [2.75, 3.05) is 5.75 Å². The summed E-state index contributed by atoms with van der Waals surface area (Å²) < 4.78 is 66.1. The van der Waals surface area contributed by atoms with Crippen LogP contribution in [-0.2, 0) is 22.7 Å². The van der Waals surface area contributed by atoms with Gasteiger partial charge < -0.3 is 0 Å². The van der Waals surface area contributed by atoms with Crippen LogP contribution in [0.4, 0.5) is 13.2 Å². The van der Waals surface area contributed by atoms with Crippen LogP contribution in [0.5, 0.6) is 0 Å². The maximum atomic E-state index is 12.3. The van der Waals surface area contributed by atoms with E-state index in [0.29, 0.717) is 0 Å². The zero-order valence-corrected chi connectivity index (χ0v) is 8.85. The van der Waals surface area contributed by atoms with E-state index in [1.807, 2.05) is 0 Å². The Morgan fingerprint density at radius 1 is 1.25 bits per heavy atom. The quantitative estimate of drug-likeness (QED) is 0.841. The van der Waals surface area contributed by atoms with Crippen molar-refractivity contribution in [3.05, 3.63) is 35.4 Å². The molecule has 0 bridgehead atoms. The first-order chi connectivity index (χ1) is 7.18. The van der Waals surface area contributed by atoms with Gasteiger partial charge in [0.05, 0.1) is 11.3 Å². The molecule has 0 fully saturated rings. The van der Waals surface area contributed by atoms with Crippen molar-refractivity contribution in [2.45, 2.75) is 12.6 Å². The lowest BCUT2D eigenvalue weighted by atomic mass is 10.1. The molecular weight excluding hydrogens is 245 g/mol. The molecule has 0 amide bonds. The van der Waals surface area contributed by atoms with Crippen molar-refractivity contribution in [3.63, 3.8) is 0 Å². The summed E-state index contributed by atoms with van der Waals surface area (Å²) in [5, 5.41) is 0. The van der Waals surface area contributed by atoms with Crippen LogP contribution in [0.15, 0.2) is 24.3 Å². The van der Waals surface area contributed by atoms with E-state index in [4.69, 9.17) is 4.55 Å². The summed E-state index contributed by atoms with van der Waals surface area (Å²) in [5.74, 6) is -0.589. The Morgan fingerprint density at radius 3 is 2.38 bits per heavy atom. The first kappa shape index (κ1) is 13.0. The molecule has 0 spiro atoms. The first-order valence-corrected chi connectivity index (χ1v) is 5.91. The summed E-state index contributed by atoms with van der Waals surface area (Å²) in [6.07, 6.45) is -4.60. The fourth-order valence-electron chi connectivity index (χ4n) is 1.15. The molecule has 0 atom stereocenters. The monoisotopic (exact) mass is 254 g/mol. The predicted octanol–water partition coefficient (Wildman–Crippen LogP) is 2.14. The van der Waals surface area contributed by atoms with E-state index in [2.05, 4.69) is 0 Å². The molecule has 0 aromatic heterocycles. The minimum absolute atomic E-state index is 0.150. The van der Waals surface area contributed by atoms with Crippen molar-refractivity contribution in [2.24, 2.45) is 0 Å². The molecule has 3 nitrogen and oxygen atoms in total. The molecule has 0 saturated heterocycles. The van der Waals surface area contributed by atoms with Gasteiger partial charge in [-0.1, -0.05) is 18.2 Å². The molecule has 0 heterocycles. The van der Waals surface area contributed by atoms with E-state index < -0.39 is 27.6 Å². The number of alkyl halides is 3. The van der Waals surface area contributed by atoms with E-state index >= 15 is 0 Å². The zero-order valence-electron chi connectivity index (χ0n) is 8.03. The Labute approximate surface area is 90.7 Å². The molecule has 1 aromatic carbocycles. The van der Waals surface area contributed by atoms with Gasteiger partial charge in [-0.3, -0.25) is 4.55 Å². The van der Waals surface area contributed by atoms with Gasteiger partial charge in [0.1, 0.15) is 0 Å². The van der Waals surface area contributed by atoms with Crippen LogP contribution in [0.3, 0.4) is 0 Å². The number of hydrogen-bond acceptors (Lipinski definition) is 2. The van der Waals surface area contributed by atoms with E-state index in [1.54, 1.807) is 0 Å². The second-order valence-electron chi connectivity index (χ2n) is 3.23. The van der Waals surface area contributed by atoms with Gasteiger partial charge in [0, 0.05) is 0 Å². The van der Waals surface area contributed by atoms with Crippen molar-refractivity contribution < 1.29 is 26.1 Å². The Balaban J connectivity index is 2.84. The fraction of sp³-hybridized carbons (Fsp3) is 0.333. The fourth-order valence-corrected chi connectivity index (χ4v) is 1.64. The summed E-state index contributed by atoms with van der Waals surface area (Å²) in [6, 6.07) is 4.34. The number of halogens is 3. The standard InChI is InChI=1S/C9H9F3O3S/c10-9(11,12)8-3-1-2-7(6-8)4-5-16(13,14)15/h1-3,6H,4-5H2,(H,13,14,15). The van der Waals surface area contributed by atoms with Crippen molar-refractivity contribution in [3.8, 4) is 0 Å². The number of benzene rings is 1. The molecule has 7 heteroatoms. The highest BCUT2D eigenvalue weighted by Gasteiger charge is 2.30. The van der Waals surface area contributed by atoms with Crippen LogP contribution in [0.2, 0.25) is 0 Å². The molecule has 0 radical (unpaired) electrons. The minimum atomic E-state index is -4.45. The van der Waals surface area contributed by atoms with Gasteiger partial charge in [0.25, 0.3) is 10.1 Å². The van der Waals surface area contributed by atoms with Crippen molar-refractivity contribution in [1.29, 1.82) is 0 Å².